The van der Waals surface area contributed by atoms with E-state index in [2.05, 4.69) is 15.9 Å². The van der Waals surface area contributed by atoms with Gasteiger partial charge < -0.3 is 0 Å². The van der Waals surface area contributed by atoms with E-state index in [1.165, 1.54) is 12.1 Å². The Bertz CT molecular complexity index is 617. The predicted octanol–water partition coefficient (Wildman–Crippen LogP) is 4.03. The molecular weight excluding hydrogens is 402 g/mol. The zero-order valence-corrected chi connectivity index (χ0v) is 15.2. The van der Waals surface area contributed by atoms with Gasteiger partial charge in [-0.3, -0.25) is 0 Å². The Morgan fingerprint density at radius 2 is 2.00 bits per heavy atom. The fourth-order valence-electron chi connectivity index (χ4n) is 2.83. The van der Waals surface area contributed by atoms with Gasteiger partial charge in [-0.15, -0.1) is 23.2 Å². The standard InChI is InChI=1S/C14H16BrCl2FO2S/c15-13-2-1-12(18)5-10(13)6-14(8-16,9-17)11-3-4-21(19,20)7-11/h1-2,5,11H,3-4,6-9H2. The minimum atomic E-state index is -3.01. The Hall–Kier alpha value is 0.160. The van der Waals surface area contributed by atoms with Crippen molar-refractivity contribution in [2.45, 2.75) is 12.8 Å². The van der Waals surface area contributed by atoms with E-state index in [4.69, 9.17) is 23.2 Å². The van der Waals surface area contributed by atoms with Gasteiger partial charge in [-0.05, 0) is 42.5 Å². The number of hydrogen-bond donors (Lipinski definition) is 0. The predicted molar refractivity (Wildman–Crippen MR) is 88.4 cm³/mol. The van der Waals surface area contributed by atoms with Crippen LogP contribution in [0.5, 0.6) is 0 Å². The van der Waals surface area contributed by atoms with Crippen LogP contribution in [0.15, 0.2) is 22.7 Å². The average molecular weight is 418 g/mol. The van der Waals surface area contributed by atoms with Gasteiger partial charge in [0.2, 0.25) is 0 Å². The summed E-state index contributed by atoms with van der Waals surface area (Å²) in [5.74, 6) is 0.369. The summed E-state index contributed by atoms with van der Waals surface area (Å²) in [5, 5.41) is 0. The SMILES string of the molecule is O=S1(=O)CCC(C(CCl)(CCl)Cc2cc(F)ccc2Br)C1. The highest BCUT2D eigenvalue weighted by atomic mass is 79.9. The fraction of sp³-hybridized carbons (Fsp3) is 0.571. The highest BCUT2D eigenvalue weighted by Gasteiger charge is 2.44. The maximum absolute atomic E-state index is 13.4. The molecule has 0 radical (unpaired) electrons. The second-order valence-electron chi connectivity index (χ2n) is 5.64. The van der Waals surface area contributed by atoms with Crippen LogP contribution in [0, 0.1) is 17.2 Å². The Kier molecular flexibility index (Phi) is 5.61. The lowest BCUT2D eigenvalue weighted by Gasteiger charge is -2.35. The lowest BCUT2D eigenvalue weighted by Crippen LogP contribution is -2.37. The zero-order chi connectivity index (χ0) is 15.7. The van der Waals surface area contributed by atoms with Crippen molar-refractivity contribution in [1.29, 1.82) is 0 Å². The van der Waals surface area contributed by atoms with E-state index in [1.54, 1.807) is 6.07 Å². The molecule has 118 valence electrons. The smallest absolute Gasteiger partial charge is 0.150 e. The number of alkyl halides is 2. The number of halogens is 4. The van der Waals surface area contributed by atoms with Crippen LogP contribution in [0.2, 0.25) is 0 Å². The van der Waals surface area contributed by atoms with Crippen LogP contribution >= 0.6 is 39.1 Å². The summed E-state index contributed by atoms with van der Waals surface area (Å²) in [5.41, 5.74) is 0.226. The van der Waals surface area contributed by atoms with Gasteiger partial charge in [0.1, 0.15) is 5.82 Å². The molecule has 2 nitrogen and oxygen atoms in total. The molecule has 0 aromatic heterocycles. The number of benzene rings is 1. The molecular formula is C14H16BrCl2FO2S. The molecule has 1 aromatic carbocycles. The summed E-state index contributed by atoms with van der Waals surface area (Å²) in [4.78, 5) is 0. The summed E-state index contributed by atoms with van der Waals surface area (Å²) in [6, 6.07) is 4.46. The van der Waals surface area contributed by atoms with E-state index in [1.807, 2.05) is 0 Å². The molecule has 0 aliphatic carbocycles. The molecule has 2 rings (SSSR count). The van der Waals surface area contributed by atoms with Gasteiger partial charge in [0.15, 0.2) is 9.84 Å². The lowest BCUT2D eigenvalue weighted by molar-refractivity contribution is 0.244. The third-order valence-corrected chi connectivity index (χ3v) is 7.79. The largest absolute Gasteiger partial charge is 0.229 e. The van der Waals surface area contributed by atoms with Gasteiger partial charge >= 0.3 is 0 Å². The van der Waals surface area contributed by atoms with Crippen LogP contribution in [-0.2, 0) is 16.3 Å². The van der Waals surface area contributed by atoms with Crippen molar-refractivity contribution in [2.75, 3.05) is 23.3 Å². The fourth-order valence-corrected chi connectivity index (χ4v) is 6.07. The summed E-state index contributed by atoms with van der Waals surface area (Å²) in [6.45, 7) is 0. The first kappa shape index (κ1) is 17.5. The van der Waals surface area contributed by atoms with Gasteiger partial charge in [-0.25, -0.2) is 12.8 Å². The van der Waals surface area contributed by atoms with Crippen molar-refractivity contribution in [1.82, 2.24) is 0 Å². The monoisotopic (exact) mass is 416 g/mol. The van der Waals surface area contributed by atoms with E-state index in [0.29, 0.717) is 12.8 Å². The number of hydrogen-bond acceptors (Lipinski definition) is 2. The molecule has 0 N–H and O–H groups in total. The molecule has 1 atom stereocenters. The maximum Gasteiger partial charge on any atom is 0.150 e. The molecule has 1 aliphatic rings. The van der Waals surface area contributed by atoms with Crippen molar-refractivity contribution in [3.05, 3.63) is 34.1 Å². The van der Waals surface area contributed by atoms with Crippen molar-refractivity contribution < 1.29 is 12.8 Å². The zero-order valence-electron chi connectivity index (χ0n) is 11.3. The first-order valence-electron chi connectivity index (χ1n) is 6.58. The van der Waals surface area contributed by atoms with Gasteiger partial charge in [0, 0.05) is 21.6 Å². The lowest BCUT2D eigenvalue weighted by atomic mass is 9.73. The highest BCUT2D eigenvalue weighted by molar-refractivity contribution is 9.10. The third-order valence-electron chi connectivity index (χ3n) is 4.18. The van der Waals surface area contributed by atoms with Crippen LogP contribution in [-0.4, -0.2) is 31.7 Å². The molecule has 1 saturated heterocycles. The van der Waals surface area contributed by atoms with E-state index >= 15 is 0 Å². The van der Waals surface area contributed by atoms with Gasteiger partial charge in [0.25, 0.3) is 0 Å². The van der Waals surface area contributed by atoms with Gasteiger partial charge in [-0.2, -0.15) is 0 Å². The summed E-state index contributed by atoms with van der Waals surface area (Å²) in [6.07, 6.45) is 1.02. The van der Waals surface area contributed by atoms with Crippen LogP contribution in [0.4, 0.5) is 4.39 Å². The topological polar surface area (TPSA) is 34.1 Å². The van der Waals surface area contributed by atoms with E-state index in [-0.39, 0.29) is 35.0 Å². The van der Waals surface area contributed by atoms with Crippen molar-refractivity contribution in [3.8, 4) is 0 Å². The van der Waals surface area contributed by atoms with Crippen molar-refractivity contribution in [2.24, 2.45) is 11.3 Å². The van der Waals surface area contributed by atoms with Crippen LogP contribution < -0.4 is 0 Å². The highest BCUT2D eigenvalue weighted by Crippen LogP contribution is 2.42. The van der Waals surface area contributed by atoms with Crippen LogP contribution in [0.3, 0.4) is 0 Å². The molecule has 0 spiro atoms. The molecule has 21 heavy (non-hydrogen) atoms. The average Bonchev–Trinajstić information content (AvgIpc) is 2.81. The van der Waals surface area contributed by atoms with E-state index < -0.39 is 15.3 Å². The second kappa shape index (κ2) is 6.73. The van der Waals surface area contributed by atoms with Crippen molar-refractivity contribution >= 4 is 49.0 Å². The third kappa shape index (κ3) is 3.92. The molecule has 1 unspecified atom stereocenters. The molecule has 0 saturated carbocycles. The molecule has 1 fully saturated rings. The minimum Gasteiger partial charge on any atom is -0.229 e. The second-order valence-corrected chi connectivity index (χ2v) is 9.26. The van der Waals surface area contributed by atoms with Crippen LogP contribution in [0.1, 0.15) is 12.0 Å². The Morgan fingerprint density at radius 3 is 2.52 bits per heavy atom. The quantitative estimate of drug-likeness (QED) is 0.677. The summed E-state index contributed by atoms with van der Waals surface area (Å²) < 4.78 is 37.7. The molecule has 1 heterocycles. The summed E-state index contributed by atoms with van der Waals surface area (Å²) >= 11 is 15.7. The maximum atomic E-state index is 13.4. The normalized spacial score (nSPS) is 21.6. The molecule has 1 aromatic rings. The Labute approximate surface area is 143 Å². The summed E-state index contributed by atoms with van der Waals surface area (Å²) in [7, 11) is -3.01. The Morgan fingerprint density at radius 1 is 1.33 bits per heavy atom. The van der Waals surface area contributed by atoms with Crippen LogP contribution in [0.25, 0.3) is 0 Å². The minimum absolute atomic E-state index is 0.0901. The number of sulfone groups is 1. The van der Waals surface area contributed by atoms with E-state index in [0.717, 1.165) is 10.0 Å². The first-order valence-corrected chi connectivity index (χ1v) is 10.3. The first-order chi connectivity index (χ1) is 9.82. The molecule has 0 amide bonds. The van der Waals surface area contributed by atoms with Crippen molar-refractivity contribution in [3.63, 3.8) is 0 Å². The van der Waals surface area contributed by atoms with E-state index in [9.17, 15) is 12.8 Å². The number of rotatable bonds is 5. The van der Waals surface area contributed by atoms with Gasteiger partial charge in [-0.1, -0.05) is 15.9 Å². The molecule has 0 bridgehead atoms. The Balaban J connectivity index is 2.32. The van der Waals surface area contributed by atoms with Gasteiger partial charge in [0.05, 0.1) is 11.5 Å². The molecule has 7 heteroatoms. The molecule has 1 aliphatic heterocycles.